The lowest BCUT2D eigenvalue weighted by Crippen LogP contribution is -2.30. The zero-order valence-electron chi connectivity index (χ0n) is 37.5. The van der Waals surface area contributed by atoms with Crippen LogP contribution in [0.2, 0.25) is 0 Å². The van der Waals surface area contributed by atoms with Gasteiger partial charge < -0.3 is 14.2 Å². The Morgan fingerprint density at radius 2 is 0.793 bits per heavy atom. The number of unbranched alkanes of at least 4 members (excludes halogenated alkanes) is 18. The Bertz CT molecular complexity index is 1160. The molecule has 0 saturated carbocycles. The van der Waals surface area contributed by atoms with E-state index < -0.39 is 12.1 Å². The molecular weight excluding hydrogens is 721 g/mol. The van der Waals surface area contributed by atoms with Crippen LogP contribution in [0.15, 0.2) is 85.1 Å². The van der Waals surface area contributed by atoms with Crippen LogP contribution in [0.25, 0.3) is 0 Å². The number of esters is 3. The van der Waals surface area contributed by atoms with Crippen molar-refractivity contribution in [2.24, 2.45) is 0 Å². The maximum atomic E-state index is 12.7. The van der Waals surface area contributed by atoms with Crippen LogP contribution in [0, 0.1) is 0 Å². The lowest BCUT2D eigenvalue weighted by molar-refractivity contribution is -0.166. The molecule has 0 aromatic heterocycles. The molecule has 1 atom stereocenters. The van der Waals surface area contributed by atoms with Crippen LogP contribution in [-0.4, -0.2) is 37.2 Å². The van der Waals surface area contributed by atoms with Crippen LogP contribution >= 0.6 is 0 Å². The topological polar surface area (TPSA) is 78.9 Å². The van der Waals surface area contributed by atoms with Gasteiger partial charge in [0.2, 0.25) is 0 Å². The summed E-state index contributed by atoms with van der Waals surface area (Å²) in [5.74, 6) is -1.07. The van der Waals surface area contributed by atoms with Crippen molar-refractivity contribution < 1.29 is 28.6 Å². The first-order valence-electron chi connectivity index (χ1n) is 23.6. The van der Waals surface area contributed by atoms with Gasteiger partial charge in [-0.15, -0.1) is 0 Å². The molecule has 0 aliphatic heterocycles. The van der Waals surface area contributed by atoms with Crippen molar-refractivity contribution in [3.05, 3.63) is 85.1 Å². The van der Waals surface area contributed by atoms with E-state index in [2.05, 4.69) is 93.7 Å². The van der Waals surface area contributed by atoms with Gasteiger partial charge in [0.25, 0.3) is 0 Å². The highest BCUT2D eigenvalue weighted by atomic mass is 16.6. The largest absolute Gasteiger partial charge is 0.462 e. The molecule has 1 unspecified atom stereocenters. The summed E-state index contributed by atoms with van der Waals surface area (Å²) in [5, 5.41) is 0. The Morgan fingerprint density at radius 1 is 0.397 bits per heavy atom. The van der Waals surface area contributed by atoms with Crippen molar-refractivity contribution >= 4 is 17.9 Å². The molecule has 0 aromatic carbocycles. The lowest BCUT2D eigenvalue weighted by atomic mass is 10.1. The van der Waals surface area contributed by atoms with E-state index in [1.807, 2.05) is 6.08 Å². The molecule has 0 heterocycles. The molecule has 0 bridgehead atoms. The predicted octanol–water partition coefficient (Wildman–Crippen LogP) is 15.3. The number of allylic oxidation sites excluding steroid dienone is 13. The molecule has 0 fully saturated rings. The highest BCUT2D eigenvalue weighted by Crippen LogP contribution is 2.14. The molecule has 0 N–H and O–H groups in total. The molecular formula is C52H86O6. The molecule has 0 aliphatic rings. The average Bonchev–Trinajstić information content (AvgIpc) is 3.22. The van der Waals surface area contributed by atoms with Gasteiger partial charge in [0.1, 0.15) is 13.2 Å². The molecule has 0 radical (unpaired) electrons. The van der Waals surface area contributed by atoms with E-state index >= 15 is 0 Å². The smallest absolute Gasteiger partial charge is 0.309 e. The molecule has 330 valence electrons. The van der Waals surface area contributed by atoms with Gasteiger partial charge in [-0.3, -0.25) is 14.4 Å². The first kappa shape index (κ1) is 54.6. The van der Waals surface area contributed by atoms with Crippen LogP contribution in [0.5, 0.6) is 0 Å². The summed E-state index contributed by atoms with van der Waals surface area (Å²) in [4.78, 5) is 37.7. The molecule has 0 aliphatic carbocycles. The summed E-state index contributed by atoms with van der Waals surface area (Å²) in [6.07, 6.45) is 58.9. The molecule has 0 aromatic rings. The lowest BCUT2D eigenvalue weighted by Gasteiger charge is -2.18. The minimum atomic E-state index is -0.818. The van der Waals surface area contributed by atoms with Crippen LogP contribution in [0.3, 0.4) is 0 Å². The number of hydrogen-bond donors (Lipinski definition) is 0. The van der Waals surface area contributed by atoms with Crippen molar-refractivity contribution in [1.29, 1.82) is 0 Å². The number of carbonyl (C=O) groups excluding carboxylic acids is 3. The average molecular weight is 807 g/mol. The Hall–Kier alpha value is -3.41. The Morgan fingerprint density at radius 3 is 1.31 bits per heavy atom. The van der Waals surface area contributed by atoms with E-state index in [0.717, 1.165) is 89.9 Å². The van der Waals surface area contributed by atoms with E-state index in [1.165, 1.54) is 77.0 Å². The second kappa shape index (κ2) is 46.3. The van der Waals surface area contributed by atoms with Gasteiger partial charge in [0.15, 0.2) is 6.10 Å². The Kier molecular flexibility index (Phi) is 43.6. The fraction of sp³-hybridized carbons (Fsp3) is 0.673. The van der Waals surface area contributed by atoms with Crippen molar-refractivity contribution in [3.8, 4) is 0 Å². The quantitative estimate of drug-likeness (QED) is 0.0201. The number of carbonyl (C=O) groups is 3. The normalized spacial score (nSPS) is 12.8. The van der Waals surface area contributed by atoms with Gasteiger partial charge in [-0.25, -0.2) is 0 Å². The third-order valence-corrected chi connectivity index (χ3v) is 9.68. The first-order chi connectivity index (χ1) is 28.5. The van der Waals surface area contributed by atoms with Crippen molar-refractivity contribution in [1.82, 2.24) is 0 Å². The van der Waals surface area contributed by atoms with Gasteiger partial charge >= 0.3 is 17.9 Å². The van der Waals surface area contributed by atoms with Gasteiger partial charge in [-0.2, -0.15) is 0 Å². The summed E-state index contributed by atoms with van der Waals surface area (Å²) in [7, 11) is 0. The Balaban J connectivity index is 4.37. The van der Waals surface area contributed by atoms with Gasteiger partial charge in [0, 0.05) is 12.8 Å². The van der Waals surface area contributed by atoms with E-state index in [4.69, 9.17) is 14.2 Å². The van der Waals surface area contributed by atoms with E-state index in [-0.39, 0.29) is 31.6 Å². The Labute approximate surface area is 356 Å². The molecule has 0 amide bonds. The molecule has 0 saturated heterocycles. The summed E-state index contributed by atoms with van der Waals surface area (Å²) < 4.78 is 16.6. The maximum absolute atomic E-state index is 12.7. The standard InChI is InChI=1S/C52H86O6/c1-4-7-10-13-16-19-21-23-24-25-26-27-28-29-31-33-36-39-42-45-51(54)57-48-49(47-56-50(53)44-41-38-35-32-18-15-12-9-6-3)58-52(55)46-43-40-37-34-30-22-20-17-14-11-8-5-2/h8-9,11-12,16-21,23,32,38,41,49H,4-7,10,13-15,22,24-31,33-37,39-40,42-48H2,1-3H3/b11-8-,12-9-,19-16-,20-17-,23-21-,32-18-,41-38-. The zero-order valence-corrected chi connectivity index (χ0v) is 37.5. The van der Waals surface area contributed by atoms with Crippen molar-refractivity contribution in [2.75, 3.05) is 13.2 Å². The number of rotatable bonds is 41. The SMILES string of the molecule is CC/C=C\C/C=C\C/C=C\CC(=O)OCC(COC(=O)CCCCCCCCCCCC/C=C\C=C/CCCCC)OC(=O)CCCCCCC/C=C\C/C=C\CC. The minimum Gasteiger partial charge on any atom is -0.462 e. The number of hydrogen-bond acceptors (Lipinski definition) is 6. The minimum absolute atomic E-state index is 0.112. The van der Waals surface area contributed by atoms with Gasteiger partial charge in [-0.1, -0.05) is 189 Å². The van der Waals surface area contributed by atoms with Crippen molar-refractivity contribution in [2.45, 2.75) is 213 Å². The summed E-state index contributed by atoms with van der Waals surface area (Å²) >= 11 is 0. The van der Waals surface area contributed by atoms with Crippen LogP contribution in [0.1, 0.15) is 207 Å². The summed E-state index contributed by atoms with van der Waals surface area (Å²) in [6, 6.07) is 0. The predicted molar refractivity (Wildman–Crippen MR) is 247 cm³/mol. The highest BCUT2D eigenvalue weighted by molar-refractivity contribution is 5.72. The molecule has 6 nitrogen and oxygen atoms in total. The fourth-order valence-corrected chi connectivity index (χ4v) is 6.18. The van der Waals surface area contributed by atoms with Crippen LogP contribution in [-0.2, 0) is 28.6 Å². The third kappa shape index (κ3) is 43.7. The first-order valence-corrected chi connectivity index (χ1v) is 23.6. The molecule has 0 spiro atoms. The molecule has 6 heteroatoms. The van der Waals surface area contributed by atoms with E-state index in [1.54, 1.807) is 6.08 Å². The fourth-order valence-electron chi connectivity index (χ4n) is 6.18. The maximum Gasteiger partial charge on any atom is 0.309 e. The van der Waals surface area contributed by atoms with E-state index in [0.29, 0.717) is 12.8 Å². The monoisotopic (exact) mass is 807 g/mol. The van der Waals surface area contributed by atoms with Crippen LogP contribution < -0.4 is 0 Å². The molecule has 0 rings (SSSR count). The summed E-state index contributed by atoms with van der Waals surface area (Å²) in [5.41, 5.74) is 0. The summed E-state index contributed by atoms with van der Waals surface area (Å²) in [6.45, 7) is 6.25. The van der Waals surface area contributed by atoms with Crippen molar-refractivity contribution in [3.63, 3.8) is 0 Å². The van der Waals surface area contributed by atoms with Crippen LogP contribution in [0.4, 0.5) is 0 Å². The second-order valence-electron chi connectivity index (χ2n) is 15.3. The third-order valence-electron chi connectivity index (χ3n) is 9.68. The second-order valence-corrected chi connectivity index (χ2v) is 15.3. The molecule has 58 heavy (non-hydrogen) atoms. The van der Waals surface area contributed by atoms with E-state index in [9.17, 15) is 14.4 Å². The van der Waals surface area contributed by atoms with Gasteiger partial charge in [0.05, 0.1) is 6.42 Å². The zero-order chi connectivity index (χ0) is 42.3. The number of ether oxygens (including phenoxy) is 3. The van der Waals surface area contributed by atoms with Gasteiger partial charge in [-0.05, 0) is 83.5 Å². The highest BCUT2D eigenvalue weighted by Gasteiger charge is 2.19.